The van der Waals surface area contributed by atoms with E-state index < -0.39 is 0 Å². The lowest BCUT2D eigenvalue weighted by Crippen LogP contribution is -2.61. The number of hydrogen-bond donors (Lipinski definition) is 0. The average Bonchev–Trinajstić information content (AvgIpc) is 0.717. The molecular formula is C84H66BN5. The van der Waals surface area contributed by atoms with E-state index in [1.165, 1.54) is 49.4 Å². The van der Waals surface area contributed by atoms with Crippen molar-refractivity contribution in [1.82, 2.24) is 14.5 Å². The summed E-state index contributed by atoms with van der Waals surface area (Å²) in [6.07, 6.45) is 8.31. The van der Waals surface area contributed by atoms with Crippen LogP contribution in [0.25, 0.3) is 94.3 Å². The highest BCUT2D eigenvalue weighted by molar-refractivity contribution is 7.00. The Hall–Kier alpha value is -10.8. The summed E-state index contributed by atoms with van der Waals surface area (Å²) in [5.74, 6) is 0. The molecule has 5 heterocycles. The van der Waals surface area contributed by atoms with Crippen molar-refractivity contribution >= 4 is 79.0 Å². The molecule has 3 aromatic heterocycles. The average molecular weight is 1160 g/mol. The summed E-state index contributed by atoms with van der Waals surface area (Å²) in [6.45, 7) is 13.6. The zero-order valence-corrected chi connectivity index (χ0v) is 51.5. The summed E-state index contributed by atoms with van der Waals surface area (Å²) in [5.41, 5.74) is 29.0. The molecule has 14 aromatic rings. The van der Waals surface area contributed by atoms with Crippen molar-refractivity contribution in [2.75, 3.05) is 9.80 Å². The first-order valence-electron chi connectivity index (χ1n) is 31.4. The van der Waals surface area contributed by atoms with E-state index in [1.807, 2.05) is 0 Å². The van der Waals surface area contributed by atoms with Gasteiger partial charge in [-0.15, -0.1) is 0 Å². The number of rotatable bonds is 9. The van der Waals surface area contributed by atoms with E-state index in [0.29, 0.717) is 0 Å². The third kappa shape index (κ3) is 9.16. The van der Waals surface area contributed by atoms with Crippen LogP contribution in [0.3, 0.4) is 0 Å². The van der Waals surface area contributed by atoms with E-state index in [9.17, 15) is 0 Å². The maximum absolute atomic E-state index is 5.15. The molecule has 11 aromatic carbocycles. The topological polar surface area (TPSA) is 37.2 Å². The van der Waals surface area contributed by atoms with E-state index in [2.05, 4.69) is 348 Å². The highest BCUT2D eigenvalue weighted by atomic mass is 15.2. The second-order valence-electron chi connectivity index (χ2n) is 26.2. The van der Waals surface area contributed by atoms with Crippen molar-refractivity contribution in [3.8, 4) is 72.4 Å². The second kappa shape index (κ2) is 21.5. The molecule has 430 valence electrons. The molecule has 6 heteroatoms. The van der Waals surface area contributed by atoms with Crippen molar-refractivity contribution in [2.45, 2.75) is 52.4 Å². The molecule has 0 saturated carbocycles. The van der Waals surface area contributed by atoms with Gasteiger partial charge in [0.1, 0.15) is 0 Å². The predicted octanol–water partition coefficient (Wildman–Crippen LogP) is 20.3. The van der Waals surface area contributed by atoms with Crippen LogP contribution in [0.4, 0.5) is 34.1 Å². The SMILES string of the molecule is CC(C)(C)c1cccc(-c2ccc3c(c2)B2c4cc(-c5cccc(C(C)(C)C)c5)ccc4N(c4c(-c5ccccc5)cncc4-c4ccccc4)c4cc(-n5c6ccccc6c6ccccc65)cc(c42)N3c2c(-c3ccccc3)cncc2-c2ccccc2)c1. The Bertz CT molecular complexity index is 4670. The Morgan fingerprint density at radius 1 is 0.300 bits per heavy atom. The van der Waals surface area contributed by atoms with Crippen molar-refractivity contribution in [1.29, 1.82) is 0 Å². The van der Waals surface area contributed by atoms with Crippen LogP contribution in [0.5, 0.6) is 0 Å². The fourth-order valence-electron chi connectivity index (χ4n) is 14.2. The number of hydrogen-bond acceptors (Lipinski definition) is 4. The summed E-state index contributed by atoms with van der Waals surface area (Å²) < 4.78 is 2.50. The predicted molar refractivity (Wildman–Crippen MR) is 380 cm³/mol. The maximum Gasteiger partial charge on any atom is 0.252 e. The highest BCUT2D eigenvalue weighted by Gasteiger charge is 2.46. The number of aromatic nitrogens is 3. The van der Waals surface area contributed by atoms with Crippen LogP contribution in [-0.4, -0.2) is 21.2 Å². The second-order valence-corrected chi connectivity index (χ2v) is 26.2. The van der Waals surface area contributed by atoms with Crippen molar-refractivity contribution < 1.29 is 0 Å². The highest BCUT2D eigenvalue weighted by Crippen LogP contribution is 2.54. The van der Waals surface area contributed by atoms with E-state index in [-0.39, 0.29) is 17.5 Å². The molecule has 0 bridgehead atoms. The molecule has 0 atom stereocenters. The van der Waals surface area contributed by atoms with E-state index in [1.54, 1.807) is 0 Å². The van der Waals surface area contributed by atoms with E-state index in [0.717, 1.165) is 106 Å². The Balaban J connectivity index is 1.11. The minimum absolute atomic E-state index is 0.0530. The van der Waals surface area contributed by atoms with Gasteiger partial charge in [0.2, 0.25) is 0 Å². The maximum atomic E-state index is 5.15. The van der Waals surface area contributed by atoms with Gasteiger partial charge in [0.05, 0.1) is 28.1 Å². The molecule has 0 amide bonds. The zero-order valence-electron chi connectivity index (χ0n) is 51.5. The van der Waals surface area contributed by atoms with Crippen molar-refractivity contribution in [2.24, 2.45) is 0 Å². The molecule has 0 radical (unpaired) electrons. The van der Waals surface area contributed by atoms with E-state index >= 15 is 0 Å². The summed E-state index contributed by atoms with van der Waals surface area (Å²) in [5, 5.41) is 2.40. The molecule has 0 spiro atoms. The van der Waals surface area contributed by atoms with Gasteiger partial charge in [0, 0.05) is 80.6 Å². The lowest BCUT2D eigenvalue weighted by atomic mass is 9.33. The molecule has 2 aliphatic heterocycles. The smallest absolute Gasteiger partial charge is 0.252 e. The molecule has 0 fully saturated rings. The number of anilines is 6. The first-order valence-corrected chi connectivity index (χ1v) is 31.4. The van der Waals surface area contributed by atoms with Gasteiger partial charge in [-0.05, 0) is 119 Å². The normalized spacial score (nSPS) is 12.7. The van der Waals surface area contributed by atoms with Gasteiger partial charge >= 0.3 is 0 Å². The van der Waals surface area contributed by atoms with Gasteiger partial charge in [0.15, 0.2) is 0 Å². The van der Waals surface area contributed by atoms with Crippen LogP contribution in [0.1, 0.15) is 52.7 Å². The standard InChI is InChI=1S/C84H66BN5/c1-83(2,3)63-35-23-33-59(45-63)61-41-43-76-72(47-61)85-73-48-62(60-34-24-36-64(46-60)84(4,5)6)42-44-77(73)90(82-70(57-29-15-9-16-30-57)53-87-54-71(82)58-31-17-10-18-32-58)79-50-65(88-74-39-21-19-37-66(74)67-38-20-22-40-75(67)88)49-78(80(79)85)89(76)81-68(55-25-11-7-12-26-55)51-86-52-69(81)56-27-13-8-14-28-56/h7-54H,1-6H3. The quantitative estimate of drug-likeness (QED) is 0.135. The first-order chi connectivity index (χ1) is 43.9. The number of fused-ring (bicyclic) bond motifs is 7. The fourth-order valence-corrected chi connectivity index (χ4v) is 14.2. The third-order valence-corrected chi connectivity index (χ3v) is 18.6. The summed E-state index contributed by atoms with van der Waals surface area (Å²) in [7, 11) is 0. The molecule has 0 unspecified atom stereocenters. The molecule has 0 aliphatic carbocycles. The van der Waals surface area contributed by atoms with Gasteiger partial charge in [-0.3, -0.25) is 9.97 Å². The van der Waals surface area contributed by atoms with Crippen molar-refractivity contribution in [3.05, 3.63) is 303 Å². The van der Waals surface area contributed by atoms with Crippen LogP contribution in [0, 0.1) is 0 Å². The third-order valence-electron chi connectivity index (χ3n) is 18.6. The number of nitrogens with zero attached hydrogens (tertiary/aromatic N) is 5. The lowest BCUT2D eigenvalue weighted by molar-refractivity contribution is 0.590. The van der Waals surface area contributed by atoms with Gasteiger partial charge in [-0.25, -0.2) is 0 Å². The minimum Gasteiger partial charge on any atom is -0.310 e. The van der Waals surface area contributed by atoms with E-state index in [4.69, 9.17) is 9.97 Å². The molecule has 2 aliphatic rings. The minimum atomic E-state index is -0.263. The monoisotopic (exact) mass is 1160 g/mol. The van der Waals surface area contributed by atoms with Crippen LogP contribution < -0.4 is 26.2 Å². The molecule has 0 saturated heterocycles. The van der Waals surface area contributed by atoms with Gasteiger partial charge in [0.25, 0.3) is 6.71 Å². The van der Waals surface area contributed by atoms with Crippen LogP contribution >= 0.6 is 0 Å². The molecule has 0 N–H and O–H groups in total. The Morgan fingerprint density at radius 3 is 1.00 bits per heavy atom. The first kappa shape index (κ1) is 54.6. The van der Waals surface area contributed by atoms with Crippen LogP contribution in [-0.2, 0) is 10.8 Å². The summed E-state index contributed by atoms with van der Waals surface area (Å²) in [4.78, 5) is 15.5. The molecular weight excluding hydrogens is 1090 g/mol. The molecule has 16 rings (SSSR count). The summed E-state index contributed by atoms with van der Waals surface area (Å²) >= 11 is 0. The van der Waals surface area contributed by atoms with Gasteiger partial charge in [-0.1, -0.05) is 272 Å². The largest absolute Gasteiger partial charge is 0.310 e. The molecule has 5 nitrogen and oxygen atoms in total. The van der Waals surface area contributed by atoms with Gasteiger partial charge in [-0.2, -0.15) is 0 Å². The summed E-state index contributed by atoms with van der Waals surface area (Å²) in [6, 6.07) is 99.2. The fraction of sp³-hybridized carbons (Fsp3) is 0.0952. The van der Waals surface area contributed by atoms with Crippen molar-refractivity contribution in [3.63, 3.8) is 0 Å². The Labute approximate surface area is 528 Å². The zero-order chi connectivity index (χ0) is 60.8. The van der Waals surface area contributed by atoms with Crippen LogP contribution in [0.15, 0.2) is 292 Å². The van der Waals surface area contributed by atoms with Crippen LogP contribution in [0.2, 0.25) is 0 Å². The Morgan fingerprint density at radius 2 is 0.633 bits per heavy atom. The number of pyridine rings is 2. The Kier molecular flexibility index (Phi) is 13.0. The number of benzene rings is 11. The molecule has 90 heavy (non-hydrogen) atoms. The lowest BCUT2D eigenvalue weighted by Gasteiger charge is -2.46. The van der Waals surface area contributed by atoms with Gasteiger partial charge < -0.3 is 14.4 Å². The number of para-hydroxylation sites is 2.